The van der Waals surface area contributed by atoms with Gasteiger partial charge < -0.3 is 4.57 Å². The van der Waals surface area contributed by atoms with Gasteiger partial charge in [-0.3, -0.25) is 9.59 Å². The Morgan fingerprint density at radius 3 is 1.82 bits per heavy atom. The van der Waals surface area contributed by atoms with E-state index < -0.39 is 17.8 Å². The van der Waals surface area contributed by atoms with E-state index in [0.29, 0.717) is 11.4 Å². The van der Waals surface area contributed by atoms with Crippen molar-refractivity contribution in [2.75, 3.05) is 9.80 Å². The lowest BCUT2D eigenvalue weighted by atomic mass is 10.0. The zero-order valence-electron chi connectivity index (χ0n) is 21.9. The molecule has 6 nitrogen and oxygen atoms in total. The van der Waals surface area contributed by atoms with Gasteiger partial charge in [-0.2, -0.15) is 0 Å². The maximum atomic E-state index is 13.7. The second-order valence-corrected chi connectivity index (χ2v) is 9.47. The molecule has 0 radical (unpaired) electrons. The normalized spacial score (nSPS) is 15.1. The molecule has 4 aromatic rings. The number of imide groups is 2. The van der Waals surface area contributed by atoms with Crippen molar-refractivity contribution in [1.82, 2.24) is 4.57 Å². The van der Waals surface area contributed by atoms with Gasteiger partial charge in [0, 0.05) is 17.1 Å². The Balaban J connectivity index is 1.63. The van der Waals surface area contributed by atoms with E-state index >= 15 is 0 Å². The van der Waals surface area contributed by atoms with Gasteiger partial charge in [0.2, 0.25) is 0 Å². The monoisotopic (exact) mass is 503 g/mol. The van der Waals surface area contributed by atoms with Gasteiger partial charge in [0.15, 0.2) is 0 Å². The highest BCUT2D eigenvalue weighted by molar-refractivity contribution is 6.46. The number of rotatable bonds is 5. The van der Waals surface area contributed by atoms with E-state index in [2.05, 4.69) is 35.8 Å². The molecule has 5 rings (SSSR count). The molecule has 0 spiro atoms. The van der Waals surface area contributed by atoms with Gasteiger partial charge in [0.05, 0.1) is 11.4 Å². The second-order valence-electron chi connectivity index (χ2n) is 9.47. The summed E-state index contributed by atoms with van der Waals surface area (Å²) in [5.41, 5.74) is 6.60. The van der Waals surface area contributed by atoms with Gasteiger partial charge in [0.25, 0.3) is 11.8 Å². The van der Waals surface area contributed by atoms with Crippen LogP contribution in [0.1, 0.15) is 35.0 Å². The summed E-state index contributed by atoms with van der Waals surface area (Å²) in [7, 11) is 0. The van der Waals surface area contributed by atoms with Gasteiger partial charge in [0.1, 0.15) is 5.57 Å². The lowest BCUT2D eigenvalue weighted by molar-refractivity contribution is -0.121. The number of anilines is 2. The summed E-state index contributed by atoms with van der Waals surface area (Å²) in [6, 6.07) is 25.4. The summed E-state index contributed by atoms with van der Waals surface area (Å²) in [6.07, 6.45) is 2.56. The van der Waals surface area contributed by atoms with Crippen molar-refractivity contribution in [2.24, 2.45) is 0 Å². The maximum Gasteiger partial charge on any atom is 0.343 e. The first-order valence-electron chi connectivity index (χ1n) is 12.6. The molecular weight excluding hydrogens is 474 g/mol. The van der Waals surface area contributed by atoms with E-state index in [0.717, 1.165) is 44.4 Å². The van der Waals surface area contributed by atoms with Crippen LogP contribution in [-0.2, 0) is 16.0 Å². The summed E-state index contributed by atoms with van der Waals surface area (Å²) in [5, 5.41) is 0. The third-order valence-electron chi connectivity index (χ3n) is 6.93. The average Bonchev–Trinajstić information content (AvgIpc) is 3.20. The van der Waals surface area contributed by atoms with Gasteiger partial charge in [-0.25, -0.2) is 14.6 Å². The van der Waals surface area contributed by atoms with Crippen LogP contribution in [0.3, 0.4) is 0 Å². The first-order valence-corrected chi connectivity index (χ1v) is 12.6. The summed E-state index contributed by atoms with van der Waals surface area (Å²) in [4.78, 5) is 43.2. The number of aromatic nitrogens is 1. The summed E-state index contributed by atoms with van der Waals surface area (Å²) in [6.45, 7) is 8.00. The molecule has 1 aliphatic heterocycles. The Morgan fingerprint density at radius 1 is 0.684 bits per heavy atom. The zero-order chi connectivity index (χ0) is 27.0. The highest BCUT2D eigenvalue weighted by atomic mass is 16.2. The molecule has 0 bridgehead atoms. The first kappa shape index (κ1) is 25.0. The Hall–Kier alpha value is -4.71. The molecule has 1 aliphatic rings. The maximum absolute atomic E-state index is 13.7. The molecule has 1 fully saturated rings. The van der Waals surface area contributed by atoms with Crippen LogP contribution in [0.25, 0.3) is 11.8 Å². The number of hydrogen-bond acceptors (Lipinski definition) is 3. The lowest BCUT2D eigenvalue weighted by Gasteiger charge is -2.34. The number of aryl methyl sites for hydroxylation is 3. The molecule has 3 aromatic carbocycles. The summed E-state index contributed by atoms with van der Waals surface area (Å²) >= 11 is 0. The van der Waals surface area contributed by atoms with E-state index in [1.165, 1.54) is 5.56 Å². The van der Waals surface area contributed by atoms with Gasteiger partial charge >= 0.3 is 6.03 Å². The predicted molar refractivity (Wildman–Crippen MR) is 151 cm³/mol. The molecule has 0 aliphatic carbocycles. The fourth-order valence-electron chi connectivity index (χ4n) is 4.82. The number of hydrogen-bond donors (Lipinski definition) is 0. The summed E-state index contributed by atoms with van der Waals surface area (Å²) in [5.74, 6) is -1.29. The average molecular weight is 504 g/mol. The number of nitrogens with zero attached hydrogens (tertiary/aromatic N) is 3. The van der Waals surface area contributed by atoms with Crippen LogP contribution in [0.15, 0.2) is 90.5 Å². The molecule has 190 valence electrons. The van der Waals surface area contributed by atoms with Crippen LogP contribution >= 0.6 is 0 Å². The standard InChI is InChI=1S/C32H29N3O3/c1-5-24-13-17-27(18-14-24)33-22(3)19-25(23(33)4)20-29-30(36)34(26-9-7-6-8-10-26)32(38)35(31(29)37)28-15-11-21(2)12-16-28/h6-20H,5H2,1-4H3/b29-20+. The molecule has 0 N–H and O–H groups in total. The molecule has 38 heavy (non-hydrogen) atoms. The van der Waals surface area contributed by atoms with E-state index in [-0.39, 0.29) is 5.57 Å². The van der Waals surface area contributed by atoms with Gasteiger partial charge in [-0.15, -0.1) is 0 Å². The Kier molecular flexibility index (Phi) is 6.55. The molecule has 4 amide bonds. The molecule has 6 heteroatoms. The number of amides is 4. The van der Waals surface area contributed by atoms with Crippen molar-refractivity contribution in [3.8, 4) is 5.69 Å². The quantitative estimate of drug-likeness (QED) is 0.229. The first-order chi connectivity index (χ1) is 18.3. The van der Waals surface area contributed by atoms with Crippen LogP contribution in [0, 0.1) is 20.8 Å². The zero-order valence-corrected chi connectivity index (χ0v) is 21.9. The molecule has 0 atom stereocenters. The molecule has 0 saturated carbocycles. The molecule has 2 heterocycles. The second kappa shape index (κ2) is 9.98. The van der Waals surface area contributed by atoms with E-state index in [4.69, 9.17) is 0 Å². The minimum Gasteiger partial charge on any atom is -0.318 e. The van der Waals surface area contributed by atoms with E-state index in [1.54, 1.807) is 42.5 Å². The molecular formula is C32H29N3O3. The largest absolute Gasteiger partial charge is 0.343 e. The fraction of sp³-hybridized carbons (Fsp3) is 0.156. The Morgan fingerprint density at radius 2 is 1.24 bits per heavy atom. The minimum absolute atomic E-state index is 0.0735. The van der Waals surface area contributed by atoms with Gasteiger partial charge in [-0.05, 0) is 86.9 Å². The number of carbonyl (C=O) groups excluding carboxylic acids is 3. The minimum atomic E-state index is -0.700. The third-order valence-corrected chi connectivity index (χ3v) is 6.93. The highest BCUT2D eigenvalue weighted by Crippen LogP contribution is 2.31. The van der Waals surface area contributed by atoms with Crippen LogP contribution in [-0.4, -0.2) is 22.4 Å². The number of barbiturate groups is 1. The fourth-order valence-corrected chi connectivity index (χ4v) is 4.82. The highest BCUT2D eigenvalue weighted by Gasteiger charge is 2.43. The SMILES string of the molecule is CCc1ccc(-n2c(C)cc(/C=C3\C(=O)N(c4ccccc4)C(=O)N(c4ccc(C)cc4)C3=O)c2C)cc1. The number of benzene rings is 3. The lowest BCUT2D eigenvalue weighted by Crippen LogP contribution is -2.57. The van der Waals surface area contributed by atoms with Crippen molar-refractivity contribution in [3.63, 3.8) is 0 Å². The number of para-hydroxylation sites is 1. The third kappa shape index (κ3) is 4.34. The summed E-state index contributed by atoms with van der Waals surface area (Å²) < 4.78 is 2.10. The number of carbonyl (C=O) groups is 3. The topological polar surface area (TPSA) is 62.6 Å². The molecule has 1 aromatic heterocycles. The molecule has 1 saturated heterocycles. The Labute approximate surface area is 222 Å². The van der Waals surface area contributed by atoms with E-state index in [1.807, 2.05) is 45.0 Å². The van der Waals surface area contributed by atoms with Crippen LogP contribution < -0.4 is 9.80 Å². The van der Waals surface area contributed by atoms with Crippen molar-refractivity contribution < 1.29 is 14.4 Å². The van der Waals surface area contributed by atoms with Crippen molar-refractivity contribution in [1.29, 1.82) is 0 Å². The smallest absolute Gasteiger partial charge is 0.318 e. The van der Waals surface area contributed by atoms with Crippen molar-refractivity contribution >= 4 is 35.3 Å². The van der Waals surface area contributed by atoms with Gasteiger partial charge in [-0.1, -0.05) is 55.0 Å². The van der Waals surface area contributed by atoms with Crippen LogP contribution in [0.4, 0.5) is 16.2 Å². The van der Waals surface area contributed by atoms with Crippen LogP contribution in [0.2, 0.25) is 0 Å². The molecule has 0 unspecified atom stereocenters. The van der Waals surface area contributed by atoms with Crippen molar-refractivity contribution in [2.45, 2.75) is 34.1 Å². The van der Waals surface area contributed by atoms with E-state index in [9.17, 15) is 14.4 Å². The van der Waals surface area contributed by atoms with Crippen LogP contribution in [0.5, 0.6) is 0 Å². The number of urea groups is 1. The van der Waals surface area contributed by atoms with Crippen molar-refractivity contribution in [3.05, 3.63) is 119 Å². The predicted octanol–water partition coefficient (Wildman–Crippen LogP) is 6.55. The Bertz CT molecular complexity index is 1560.